The summed E-state index contributed by atoms with van der Waals surface area (Å²) >= 11 is 0. The summed E-state index contributed by atoms with van der Waals surface area (Å²) in [5.41, 5.74) is 0. The Hall–Kier alpha value is -0.410. The van der Waals surface area contributed by atoms with E-state index >= 15 is 0 Å². The van der Waals surface area contributed by atoms with Crippen molar-refractivity contribution in [3.63, 3.8) is 0 Å². The van der Waals surface area contributed by atoms with Crippen LogP contribution in [0.1, 0.15) is 0 Å². The van der Waals surface area contributed by atoms with E-state index in [2.05, 4.69) is 4.74 Å². The van der Waals surface area contributed by atoms with E-state index in [1.807, 2.05) is 0 Å². The molecule has 0 saturated heterocycles. The lowest BCUT2D eigenvalue weighted by Gasteiger charge is -2.16. The van der Waals surface area contributed by atoms with E-state index < -0.39 is 35.0 Å². The highest BCUT2D eigenvalue weighted by Crippen LogP contribution is 2.23. The van der Waals surface area contributed by atoms with Crippen LogP contribution in [0.5, 0.6) is 0 Å². The molecule has 0 spiro atoms. The van der Waals surface area contributed by atoms with Crippen molar-refractivity contribution in [1.82, 2.24) is 0 Å². The quantitative estimate of drug-likeness (QED) is 0.567. The van der Waals surface area contributed by atoms with Crippen LogP contribution < -0.4 is 0 Å². The van der Waals surface area contributed by atoms with Crippen LogP contribution in [0.3, 0.4) is 0 Å². The van der Waals surface area contributed by atoms with Gasteiger partial charge >= 0.3 is 6.18 Å². The van der Waals surface area contributed by atoms with Crippen LogP contribution in [0.2, 0.25) is 0 Å². The number of hydrogen-bond donors (Lipinski definition) is 1. The summed E-state index contributed by atoms with van der Waals surface area (Å²) in [6.07, 6.45) is -7.81. The molecule has 0 aromatic carbocycles. The SMILES string of the molecule is O=S(=O)(O)COC(CF)C(F)(F)F. The Morgan fingerprint density at radius 2 is 1.85 bits per heavy atom. The summed E-state index contributed by atoms with van der Waals surface area (Å²) in [4.78, 5) is 0. The van der Waals surface area contributed by atoms with Crippen LogP contribution in [0, 0.1) is 0 Å². The van der Waals surface area contributed by atoms with E-state index in [-0.39, 0.29) is 0 Å². The van der Waals surface area contributed by atoms with Gasteiger partial charge in [-0.2, -0.15) is 21.6 Å². The lowest BCUT2D eigenvalue weighted by molar-refractivity contribution is -0.218. The molecule has 1 unspecified atom stereocenters. The molecule has 0 saturated carbocycles. The molecule has 0 rings (SSSR count). The molecule has 0 aliphatic rings. The Bertz CT molecular complexity index is 245. The first-order valence-corrected chi connectivity index (χ1v) is 4.47. The van der Waals surface area contributed by atoms with Crippen molar-refractivity contribution in [2.75, 3.05) is 12.6 Å². The fourth-order valence-corrected chi connectivity index (χ4v) is 0.731. The van der Waals surface area contributed by atoms with E-state index in [1.54, 1.807) is 0 Å². The Balaban J connectivity index is 4.17. The highest BCUT2D eigenvalue weighted by molar-refractivity contribution is 7.85. The lowest BCUT2D eigenvalue weighted by atomic mass is 10.4. The fraction of sp³-hybridized carbons (Fsp3) is 1.00. The normalized spacial score (nSPS) is 15.8. The zero-order valence-electron chi connectivity index (χ0n) is 6.08. The second kappa shape index (κ2) is 4.20. The van der Waals surface area contributed by atoms with Gasteiger partial charge in [0, 0.05) is 0 Å². The Kier molecular flexibility index (Phi) is 4.07. The molecule has 4 nitrogen and oxygen atoms in total. The third kappa shape index (κ3) is 5.77. The van der Waals surface area contributed by atoms with Crippen molar-refractivity contribution >= 4 is 10.1 Å². The summed E-state index contributed by atoms with van der Waals surface area (Å²) < 4.78 is 78.0. The van der Waals surface area contributed by atoms with Crippen molar-refractivity contribution in [2.45, 2.75) is 12.3 Å². The number of halogens is 4. The zero-order valence-corrected chi connectivity index (χ0v) is 6.90. The first-order valence-electron chi connectivity index (χ1n) is 2.86. The van der Waals surface area contributed by atoms with Gasteiger partial charge in [-0.05, 0) is 0 Å². The second-order valence-electron chi connectivity index (χ2n) is 2.05. The highest BCUT2D eigenvalue weighted by Gasteiger charge is 2.41. The smallest absolute Gasteiger partial charge is 0.348 e. The number of alkyl halides is 4. The van der Waals surface area contributed by atoms with E-state index in [0.717, 1.165) is 0 Å². The Morgan fingerprint density at radius 3 is 2.08 bits per heavy atom. The minimum atomic E-state index is -4.99. The monoisotopic (exact) mass is 226 g/mol. The molecular weight excluding hydrogens is 220 g/mol. The molecule has 0 bridgehead atoms. The standard InChI is InChI=1S/C4H6F4O4S/c5-1-3(4(6,7)8)12-2-13(9,10)11/h3H,1-2H2,(H,9,10,11). The molecule has 80 valence electrons. The van der Waals surface area contributed by atoms with Gasteiger partial charge in [0.05, 0.1) is 0 Å². The third-order valence-electron chi connectivity index (χ3n) is 0.923. The summed E-state index contributed by atoms with van der Waals surface area (Å²) in [5.74, 6) is -1.58. The van der Waals surface area contributed by atoms with E-state index in [9.17, 15) is 26.0 Å². The van der Waals surface area contributed by atoms with Crippen molar-refractivity contribution < 1.29 is 35.3 Å². The van der Waals surface area contributed by atoms with Crippen molar-refractivity contribution in [3.05, 3.63) is 0 Å². The lowest BCUT2D eigenvalue weighted by Crippen LogP contribution is -2.35. The molecule has 1 atom stereocenters. The van der Waals surface area contributed by atoms with Crippen molar-refractivity contribution in [1.29, 1.82) is 0 Å². The predicted molar refractivity (Wildman–Crippen MR) is 33.3 cm³/mol. The van der Waals surface area contributed by atoms with Crippen LogP contribution in [0.4, 0.5) is 17.6 Å². The molecule has 0 amide bonds. The Labute approximate surface area is 71.2 Å². The predicted octanol–water partition coefficient (Wildman–Crippen LogP) is 0.749. The second-order valence-corrected chi connectivity index (χ2v) is 3.45. The summed E-state index contributed by atoms with van der Waals surface area (Å²) in [7, 11) is -4.68. The number of ether oxygens (including phenoxy) is 1. The van der Waals surface area contributed by atoms with E-state index in [4.69, 9.17) is 4.55 Å². The minimum absolute atomic E-state index is 1.58. The van der Waals surface area contributed by atoms with Gasteiger partial charge in [0.25, 0.3) is 10.1 Å². The molecule has 0 fully saturated rings. The maximum absolute atomic E-state index is 11.7. The van der Waals surface area contributed by atoms with Crippen LogP contribution in [0.25, 0.3) is 0 Å². The topological polar surface area (TPSA) is 63.6 Å². The minimum Gasteiger partial charge on any atom is -0.348 e. The molecule has 0 aliphatic carbocycles. The largest absolute Gasteiger partial charge is 0.417 e. The van der Waals surface area contributed by atoms with Gasteiger partial charge in [0.1, 0.15) is 6.67 Å². The average molecular weight is 226 g/mol. The molecule has 0 aromatic rings. The van der Waals surface area contributed by atoms with Gasteiger partial charge < -0.3 is 4.74 Å². The maximum atomic E-state index is 11.7. The van der Waals surface area contributed by atoms with E-state index in [0.29, 0.717) is 0 Å². The Morgan fingerprint density at radius 1 is 1.38 bits per heavy atom. The fourth-order valence-electron chi connectivity index (χ4n) is 0.395. The summed E-state index contributed by atoms with van der Waals surface area (Å²) in [6, 6.07) is 0. The number of rotatable bonds is 4. The highest BCUT2D eigenvalue weighted by atomic mass is 32.2. The molecule has 0 heterocycles. The maximum Gasteiger partial charge on any atom is 0.417 e. The van der Waals surface area contributed by atoms with Crippen LogP contribution in [0.15, 0.2) is 0 Å². The van der Waals surface area contributed by atoms with Crippen LogP contribution in [-0.4, -0.2) is 37.9 Å². The first kappa shape index (κ1) is 12.6. The summed E-state index contributed by atoms with van der Waals surface area (Å²) in [6.45, 7) is -1.90. The molecule has 1 N–H and O–H groups in total. The number of hydrogen-bond acceptors (Lipinski definition) is 3. The summed E-state index contributed by atoms with van der Waals surface area (Å²) in [5, 5.41) is 0. The van der Waals surface area contributed by atoms with Crippen LogP contribution >= 0.6 is 0 Å². The molecule has 9 heteroatoms. The van der Waals surface area contributed by atoms with Gasteiger partial charge in [-0.15, -0.1) is 0 Å². The molecule has 13 heavy (non-hydrogen) atoms. The molecule has 0 radical (unpaired) electrons. The van der Waals surface area contributed by atoms with Gasteiger partial charge in [-0.3, -0.25) is 4.55 Å². The molecular formula is C4H6F4O4S. The van der Waals surface area contributed by atoms with E-state index in [1.165, 1.54) is 0 Å². The first-order chi connectivity index (χ1) is 5.67. The third-order valence-corrected chi connectivity index (χ3v) is 1.36. The van der Waals surface area contributed by atoms with Gasteiger partial charge in [-0.1, -0.05) is 0 Å². The average Bonchev–Trinajstić information content (AvgIpc) is 1.82. The van der Waals surface area contributed by atoms with Gasteiger partial charge in [0.15, 0.2) is 12.0 Å². The van der Waals surface area contributed by atoms with Crippen molar-refractivity contribution in [3.8, 4) is 0 Å². The van der Waals surface area contributed by atoms with Gasteiger partial charge in [0.2, 0.25) is 0 Å². The van der Waals surface area contributed by atoms with Crippen molar-refractivity contribution in [2.24, 2.45) is 0 Å². The van der Waals surface area contributed by atoms with Crippen LogP contribution in [-0.2, 0) is 14.9 Å². The molecule has 0 aliphatic heterocycles. The van der Waals surface area contributed by atoms with Gasteiger partial charge in [-0.25, -0.2) is 4.39 Å². The zero-order chi connectivity index (χ0) is 10.7. The molecule has 0 aromatic heterocycles.